The summed E-state index contributed by atoms with van der Waals surface area (Å²) in [7, 11) is 3.10. The maximum absolute atomic E-state index is 12.7. The Bertz CT molecular complexity index is 755. The number of methoxy groups -OCH3 is 2. The number of hydrogen-bond donors (Lipinski definition) is 2. The molecule has 7 heteroatoms. The van der Waals surface area contributed by atoms with Gasteiger partial charge in [0.05, 0.1) is 39.4 Å². The third-order valence-corrected chi connectivity index (χ3v) is 4.18. The molecule has 24 heavy (non-hydrogen) atoms. The van der Waals surface area contributed by atoms with Gasteiger partial charge in [0.15, 0.2) is 0 Å². The number of carbonyl (C=O) groups excluding carboxylic acids is 1. The van der Waals surface area contributed by atoms with E-state index in [9.17, 15) is 9.90 Å². The quantitative estimate of drug-likeness (QED) is 0.879. The summed E-state index contributed by atoms with van der Waals surface area (Å²) in [6.45, 7) is 0.705. The molecule has 0 spiro atoms. The van der Waals surface area contributed by atoms with E-state index < -0.39 is 6.10 Å². The molecule has 2 heterocycles. The molecular weight excluding hydrogens is 312 g/mol. The van der Waals surface area contributed by atoms with Crippen LogP contribution in [-0.2, 0) is 13.1 Å². The van der Waals surface area contributed by atoms with Crippen LogP contribution in [0, 0.1) is 0 Å². The number of aliphatic hydroxyl groups is 1. The lowest BCUT2D eigenvalue weighted by molar-refractivity contribution is 0.0538. The van der Waals surface area contributed by atoms with Crippen LogP contribution < -0.4 is 15.2 Å². The summed E-state index contributed by atoms with van der Waals surface area (Å²) >= 11 is 0. The number of furan rings is 1. The van der Waals surface area contributed by atoms with Crippen molar-refractivity contribution < 1.29 is 23.8 Å². The van der Waals surface area contributed by atoms with Crippen LogP contribution in [0.3, 0.4) is 0 Å². The molecule has 128 valence electrons. The van der Waals surface area contributed by atoms with E-state index in [4.69, 9.17) is 19.6 Å². The first-order valence-corrected chi connectivity index (χ1v) is 7.57. The Balaban J connectivity index is 1.95. The average molecular weight is 332 g/mol. The van der Waals surface area contributed by atoms with Crippen LogP contribution in [0.15, 0.2) is 28.9 Å². The van der Waals surface area contributed by atoms with Crippen LogP contribution >= 0.6 is 0 Å². The normalized spacial score (nSPS) is 16.7. The Morgan fingerprint density at radius 2 is 2.08 bits per heavy atom. The van der Waals surface area contributed by atoms with Crippen molar-refractivity contribution in [1.29, 1.82) is 0 Å². The molecule has 1 aromatic carbocycles. The van der Waals surface area contributed by atoms with Gasteiger partial charge in [-0.2, -0.15) is 0 Å². The van der Waals surface area contributed by atoms with Gasteiger partial charge in [-0.15, -0.1) is 0 Å². The SMILES string of the molecule is COc1ccc(OC)c2c1CN(C(=O)c1coc(CN)c1)CC2O. The van der Waals surface area contributed by atoms with Crippen molar-refractivity contribution in [2.45, 2.75) is 19.2 Å². The van der Waals surface area contributed by atoms with Gasteiger partial charge >= 0.3 is 0 Å². The molecule has 3 rings (SSSR count). The summed E-state index contributed by atoms with van der Waals surface area (Å²) in [5.41, 5.74) is 7.32. The van der Waals surface area contributed by atoms with Gasteiger partial charge in [-0.1, -0.05) is 0 Å². The van der Waals surface area contributed by atoms with Crippen LogP contribution in [0.5, 0.6) is 11.5 Å². The van der Waals surface area contributed by atoms with E-state index in [0.29, 0.717) is 34.9 Å². The molecule has 0 fully saturated rings. The monoisotopic (exact) mass is 332 g/mol. The average Bonchev–Trinajstić information content (AvgIpc) is 3.09. The molecule has 0 aliphatic carbocycles. The van der Waals surface area contributed by atoms with Gasteiger partial charge in [0.1, 0.15) is 29.6 Å². The number of nitrogens with two attached hydrogens (primary N) is 1. The third kappa shape index (κ3) is 2.72. The Morgan fingerprint density at radius 1 is 1.38 bits per heavy atom. The number of hydrogen-bond acceptors (Lipinski definition) is 6. The van der Waals surface area contributed by atoms with Crippen LogP contribution in [0.4, 0.5) is 0 Å². The van der Waals surface area contributed by atoms with Gasteiger partial charge < -0.3 is 29.6 Å². The molecular formula is C17H20N2O5. The molecule has 0 radical (unpaired) electrons. The maximum Gasteiger partial charge on any atom is 0.257 e. The molecule has 0 saturated carbocycles. The number of rotatable bonds is 4. The molecule has 1 unspecified atom stereocenters. The summed E-state index contributed by atoms with van der Waals surface area (Å²) < 4.78 is 15.9. The fourth-order valence-electron chi connectivity index (χ4n) is 3.01. The Morgan fingerprint density at radius 3 is 2.71 bits per heavy atom. The molecule has 1 amide bonds. The van der Waals surface area contributed by atoms with Crippen LogP contribution in [0.2, 0.25) is 0 Å². The summed E-state index contributed by atoms with van der Waals surface area (Å²) in [6.07, 6.45) is 0.526. The molecule has 1 aliphatic rings. The topological polar surface area (TPSA) is 98.2 Å². The fraction of sp³-hybridized carbons (Fsp3) is 0.353. The van der Waals surface area contributed by atoms with E-state index >= 15 is 0 Å². The van der Waals surface area contributed by atoms with Crippen LogP contribution in [-0.4, -0.2) is 36.7 Å². The zero-order valence-corrected chi connectivity index (χ0v) is 13.6. The lowest BCUT2D eigenvalue weighted by atomic mass is 9.95. The summed E-state index contributed by atoms with van der Waals surface area (Å²) in [5, 5.41) is 10.5. The largest absolute Gasteiger partial charge is 0.496 e. The lowest BCUT2D eigenvalue weighted by Gasteiger charge is -2.33. The van der Waals surface area contributed by atoms with Gasteiger partial charge in [-0.25, -0.2) is 0 Å². The first-order chi connectivity index (χ1) is 11.6. The standard InChI is InChI=1S/C17H20N2O5/c1-22-14-3-4-15(23-2)16-12(14)7-19(8-13(16)20)17(21)10-5-11(6-18)24-9-10/h3-5,9,13,20H,6-8,18H2,1-2H3. The smallest absolute Gasteiger partial charge is 0.257 e. The first-order valence-electron chi connectivity index (χ1n) is 7.57. The third-order valence-electron chi connectivity index (χ3n) is 4.18. The summed E-state index contributed by atoms with van der Waals surface area (Å²) in [4.78, 5) is 14.2. The van der Waals surface area contributed by atoms with E-state index in [0.717, 1.165) is 5.56 Å². The van der Waals surface area contributed by atoms with E-state index in [2.05, 4.69) is 0 Å². The number of aliphatic hydroxyl groups excluding tert-OH is 1. The minimum absolute atomic E-state index is 0.165. The number of fused-ring (bicyclic) bond motifs is 1. The van der Waals surface area contributed by atoms with Crippen molar-refractivity contribution in [3.8, 4) is 11.5 Å². The molecule has 0 saturated heterocycles. The van der Waals surface area contributed by atoms with Crippen molar-refractivity contribution in [3.63, 3.8) is 0 Å². The second kappa shape index (κ2) is 6.54. The van der Waals surface area contributed by atoms with Gasteiger partial charge in [-0.05, 0) is 18.2 Å². The molecule has 1 aromatic heterocycles. The van der Waals surface area contributed by atoms with Crippen molar-refractivity contribution in [2.75, 3.05) is 20.8 Å². The maximum atomic E-state index is 12.7. The molecule has 7 nitrogen and oxygen atoms in total. The number of amides is 1. The zero-order valence-electron chi connectivity index (χ0n) is 13.6. The Hall–Kier alpha value is -2.51. The van der Waals surface area contributed by atoms with Gasteiger partial charge in [0.2, 0.25) is 0 Å². The molecule has 3 N–H and O–H groups in total. The van der Waals surface area contributed by atoms with E-state index in [1.54, 1.807) is 37.3 Å². The second-order valence-corrected chi connectivity index (χ2v) is 5.57. The van der Waals surface area contributed by atoms with Crippen molar-refractivity contribution >= 4 is 5.91 Å². The van der Waals surface area contributed by atoms with Gasteiger partial charge in [0, 0.05) is 11.1 Å². The predicted molar refractivity (Wildman–Crippen MR) is 85.8 cm³/mol. The Kier molecular flexibility index (Phi) is 4.46. The fourth-order valence-corrected chi connectivity index (χ4v) is 3.01. The van der Waals surface area contributed by atoms with E-state index in [1.165, 1.54) is 6.26 Å². The molecule has 1 aliphatic heterocycles. The molecule has 0 bridgehead atoms. The van der Waals surface area contributed by atoms with Gasteiger partial charge in [0.25, 0.3) is 5.91 Å². The summed E-state index contributed by atoms with van der Waals surface area (Å²) in [6, 6.07) is 5.14. The highest BCUT2D eigenvalue weighted by Crippen LogP contribution is 2.39. The highest BCUT2D eigenvalue weighted by atomic mass is 16.5. The van der Waals surface area contributed by atoms with E-state index in [1.807, 2.05) is 0 Å². The van der Waals surface area contributed by atoms with Crippen molar-refractivity contribution in [2.24, 2.45) is 5.73 Å². The first kappa shape index (κ1) is 16.4. The van der Waals surface area contributed by atoms with Crippen molar-refractivity contribution in [3.05, 3.63) is 46.9 Å². The number of carbonyl (C=O) groups is 1. The van der Waals surface area contributed by atoms with Crippen LogP contribution in [0.1, 0.15) is 33.3 Å². The van der Waals surface area contributed by atoms with Gasteiger partial charge in [-0.3, -0.25) is 4.79 Å². The highest BCUT2D eigenvalue weighted by molar-refractivity contribution is 5.94. The summed E-state index contributed by atoms with van der Waals surface area (Å²) in [5.74, 6) is 1.50. The predicted octanol–water partition coefficient (Wildman–Crippen LogP) is 1.44. The second-order valence-electron chi connectivity index (χ2n) is 5.57. The minimum atomic E-state index is -0.858. The highest BCUT2D eigenvalue weighted by Gasteiger charge is 2.32. The number of ether oxygens (including phenoxy) is 2. The minimum Gasteiger partial charge on any atom is -0.496 e. The van der Waals surface area contributed by atoms with E-state index in [-0.39, 0.29) is 19.0 Å². The van der Waals surface area contributed by atoms with Crippen LogP contribution in [0.25, 0.3) is 0 Å². The number of benzene rings is 1. The molecule has 1 atom stereocenters. The zero-order chi connectivity index (χ0) is 17.3. The number of nitrogens with zero attached hydrogens (tertiary/aromatic N) is 1. The number of β-amino-alcohol motifs (C(OH)–C–C–N with tert-alkyl or cyclic N) is 1. The Labute approximate surface area is 139 Å². The van der Waals surface area contributed by atoms with Crippen molar-refractivity contribution in [1.82, 2.24) is 4.90 Å². The lowest BCUT2D eigenvalue weighted by Crippen LogP contribution is -2.38. The molecule has 2 aromatic rings.